The lowest BCUT2D eigenvalue weighted by molar-refractivity contribution is 0.548. The summed E-state index contributed by atoms with van der Waals surface area (Å²) in [6.45, 7) is 4.07. The molecule has 1 aliphatic heterocycles. The molecular formula is C14H18BrFN2. The van der Waals surface area contributed by atoms with Gasteiger partial charge in [-0.05, 0) is 59.8 Å². The molecule has 2 nitrogen and oxygen atoms in total. The maximum atomic E-state index is 13.4. The van der Waals surface area contributed by atoms with Crippen LogP contribution in [0.3, 0.4) is 0 Å². The molecule has 1 atom stereocenters. The average molecular weight is 313 g/mol. The maximum Gasteiger partial charge on any atom is 0.137 e. The lowest BCUT2D eigenvalue weighted by atomic mass is 10.2. The van der Waals surface area contributed by atoms with E-state index < -0.39 is 0 Å². The second-order valence-corrected chi connectivity index (χ2v) is 6.28. The van der Waals surface area contributed by atoms with E-state index in [1.165, 1.54) is 19.3 Å². The van der Waals surface area contributed by atoms with Crippen LogP contribution in [0.4, 0.5) is 10.1 Å². The topological polar surface area (TPSA) is 15.3 Å². The summed E-state index contributed by atoms with van der Waals surface area (Å²) in [6, 6.07) is 4.88. The normalized spacial score (nSPS) is 23.7. The lowest BCUT2D eigenvalue weighted by Crippen LogP contribution is -2.34. The molecule has 0 radical (unpaired) electrons. The van der Waals surface area contributed by atoms with Crippen molar-refractivity contribution < 1.29 is 4.39 Å². The van der Waals surface area contributed by atoms with Gasteiger partial charge in [-0.15, -0.1) is 0 Å². The van der Waals surface area contributed by atoms with Crippen molar-refractivity contribution in [3.63, 3.8) is 0 Å². The average Bonchev–Trinajstić information content (AvgIpc) is 3.01. The number of hydrogen-bond acceptors (Lipinski definition) is 2. The van der Waals surface area contributed by atoms with E-state index in [4.69, 9.17) is 0 Å². The van der Waals surface area contributed by atoms with Crippen LogP contribution < -0.4 is 10.2 Å². The van der Waals surface area contributed by atoms with Crippen molar-refractivity contribution in [2.45, 2.75) is 38.3 Å². The van der Waals surface area contributed by atoms with Crippen LogP contribution in [-0.4, -0.2) is 25.2 Å². The summed E-state index contributed by atoms with van der Waals surface area (Å²) in [4.78, 5) is 2.36. The third-order valence-electron chi connectivity index (χ3n) is 3.82. The van der Waals surface area contributed by atoms with Crippen molar-refractivity contribution in [2.24, 2.45) is 0 Å². The van der Waals surface area contributed by atoms with Crippen LogP contribution in [0.15, 0.2) is 16.6 Å². The number of nitrogens with zero attached hydrogens (tertiary/aromatic N) is 1. The van der Waals surface area contributed by atoms with Gasteiger partial charge in [-0.2, -0.15) is 0 Å². The molecule has 98 valence electrons. The van der Waals surface area contributed by atoms with Gasteiger partial charge >= 0.3 is 0 Å². The van der Waals surface area contributed by atoms with Gasteiger partial charge in [0.1, 0.15) is 5.82 Å². The van der Waals surface area contributed by atoms with E-state index in [0.717, 1.165) is 30.4 Å². The Morgan fingerprint density at radius 3 is 2.78 bits per heavy atom. The molecule has 0 aromatic heterocycles. The number of halogens is 2. The predicted octanol–water partition coefficient (Wildman–Crippen LogP) is 3.23. The minimum Gasteiger partial charge on any atom is -0.370 e. The largest absolute Gasteiger partial charge is 0.370 e. The first-order valence-electron chi connectivity index (χ1n) is 6.60. The molecule has 2 fully saturated rings. The van der Waals surface area contributed by atoms with Gasteiger partial charge in [-0.3, -0.25) is 0 Å². The smallest absolute Gasteiger partial charge is 0.137 e. The number of benzene rings is 1. The van der Waals surface area contributed by atoms with Gasteiger partial charge in [0.25, 0.3) is 0 Å². The second kappa shape index (κ2) is 4.82. The molecule has 1 N–H and O–H groups in total. The summed E-state index contributed by atoms with van der Waals surface area (Å²) < 4.78 is 14.0. The van der Waals surface area contributed by atoms with Crippen LogP contribution in [0.25, 0.3) is 0 Å². The van der Waals surface area contributed by atoms with E-state index in [1.54, 1.807) is 6.07 Å². The molecule has 0 spiro atoms. The van der Waals surface area contributed by atoms with Crippen molar-refractivity contribution in [1.82, 2.24) is 5.32 Å². The first-order valence-corrected chi connectivity index (χ1v) is 7.39. The monoisotopic (exact) mass is 312 g/mol. The second-order valence-electron chi connectivity index (χ2n) is 5.43. The number of rotatable bonds is 3. The Balaban J connectivity index is 1.73. The van der Waals surface area contributed by atoms with Crippen LogP contribution in [-0.2, 0) is 0 Å². The highest BCUT2D eigenvalue weighted by atomic mass is 79.9. The number of hydrogen-bond donors (Lipinski definition) is 1. The summed E-state index contributed by atoms with van der Waals surface area (Å²) in [7, 11) is 0. The van der Waals surface area contributed by atoms with Crippen molar-refractivity contribution in [3.8, 4) is 0 Å². The summed E-state index contributed by atoms with van der Waals surface area (Å²) in [5, 5.41) is 3.67. The summed E-state index contributed by atoms with van der Waals surface area (Å²) >= 11 is 3.28. The Morgan fingerprint density at radius 1 is 1.28 bits per heavy atom. The maximum absolute atomic E-state index is 13.4. The van der Waals surface area contributed by atoms with Crippen LogP contribution in [0, 0.1) is 12.7 Å². The molecule has 1 unspecified atom stereocenters. The summed E-state index contributed by atoms with van der Waals surface area (Å²) in [5.41, 5.74) is 2.17. The number of anilines is 1. The minimum absolute atomic E-state index is 0.178. The Labute approximate surface area is 116 Å². The van der Waals surface area contributed by atoms with Gasteiger partial charge in [0.05, 0.1) is 4.47 Å². The molecule has 18 heavy (non-hydrogen) atoms. The van der Waals surface area contributed by atoms with E-state index >= 15 is 0 Å². The van der Waals surface area contributed by atoms with Crippen LogP contribution in [0.1, 0.15) is 24.8 Å². The van der Waals surface area contributed by atoms with Crippen molar-refractivity contribution >= 4 is 21.6 Å². The highest BCUT2D eigenvalue weighted by Crippen LogP contribution is 2.30. The van der Waals surface area contributed by atoms with Gasteiger partial charge in [-0.1, -0.05) is 0 Å². The fourth-order valence-electron chi connectivity index (χ4n) is 2.67. The molecule has 3 rings (SSSR count). The molecule has 1 saturated carbocycles. The SMILES string of the molecule is Cc1cc(F)c(Br)cc1N1CCC(NC2CC2)C1. The Kier molecular flexibility index (Phi) is 3.32. The van der Waals surface area contributed by atoms with Gasteiger partial charge in [0.2, 0.25) is 0 Å². The zero-order chi connectivity index (χ0) is 12.7. The molecule has 2 aliphatic rings. The Bertz CT molecular complexity index is 459. The first-order chi connectivity index (χ1) is 8.63. The lowest BCUT2D eigenvalue weighted by Gasteiger charge is -2.21. The third kappa shape index (κ3) is 2.54. The van der Waals surface area contributed by atoms with Crippen LogP contribution >= 0.6 is 15.9 Å². The van der Waals surface area contributed by atoms with E-state index in [0.29, 0.717) is 10.5 Å². The molecule has 0 bridgehead atoms. The number of nitrogens with one attached hydrogen (secondary N) is 1. The Hall–Kier alpha value is -0.610. The fraction of sp³-hybridized carbons (Fsp3) is 0.571. The van der Waals surface area contributed by atoms with Crippen LogP contribution in [0.2, 0.25) is 0 Å². The first kappa shape index (κ1) is 12.4. The molecule has 1 saturated heterocycles. The van der Waals surface area contributed by atoms with Crippen molar-refractivity contribution in [2.75, 3.05) is 18.0 Å². The standard InChI is InChI=1S/C14H18BrFN2/c1-9-6-13(16)12(15)7-14(9)18-5-4-11(8-18)17-10-2-3-10/h6-7,10-11,17H,2-5,8H2,1H3. The van der Waals surface area contributed by atoms with Crippen LogP contribution in [0.5, 0.6) is 0 Å². The minimum atomic E-state index is -0.178. The molecule has 1 aromatic carbocycles. The molecule has 1 heterocycles. The van der Waals surface area contributed by atoms with E-state index in [-0.39, 0.29) is 5.82 Å². The molecule has 4 heteroatoms. The predicted molar refractivity (Wildman–Crippen MR) is 75.6 cm³/mol. The fourth-order valence-corrected chi connectivity index (χ4v) is 3.01. The summed E-state index contributed by atoms with van der Waals surface area (Å²) in [5.74, 6) is -0.178. The quantitative estimate of drug-likeness (QED) is 0.922. The molecule has 0 amide bonds. The van der Waals surface area contributed by atoms with Gasteiger partial charge in [0.15, 0.2) is 0 Å². The van der Waals surface area contributed by atoms with E-state index in [9.17, 15) is 4.39 Å². The van der Waals surface area contributed by atoms with E-state index in [2.05, 4.69) is 26.1 Å². The Morgan fingerprint density at radius 2 is 2.06 bits per heavy atom. The number of aryl methyl sites for hydroxylation is 1. The molecular weight excluding hydrogens is 295 g/mol. The molecule has 1 aromatic rings. The summed E-state index contributed by atoms with van der Waals surface area (Å²) in [6.07, 6.45) is 3.85. The van der Waals surface area contributed by atoms with E-state index in [1.807, 2.05) is 13.0 Å². The zero-order valence-corrected chi connectivity index (χ0v) is 12.1. The molecule has 1 aliphatic carbocycles. The van der Waals surface area contributed by atoms with Gasteiger partial charge in [0, 0.05) is 30.9 Å². The highest BCUT2D eigenvalue weighted by molar-refractivity contribution is 9.10. The third-order valence-corrected chi connectivity index (χ3v) is 4.42. The highest BCUT2D eigenvalue weighted by Gasteiger charge is 2.29. The van der Waals surface area contributed by atoms with Gasteiger partial charge in [-0.25, -0.2) is 4.39 Å². The van der Waals surface area contributed by atoms with Gasteiger partial charge < -0.3 is 10.2 Å². The zero-order valence-electron chi connectivity index (χ0n) is 10.5. The van der Waals surface area contributed by atoms with Crippen molar-refractivity contribution in [3.05, 3.63) is 28.0 Å². The van der Waals surface area contributed by atoms with Crippen molar-refractivity contribution in [1.29, 1.82) is 0 Å².